The van der Waals surface area contributed by atoms with Crippen molar-refractivity contribution in [3.05, 3.63) is 59.7 Å². The van der Waals surface area contributed by atoms with E-state index in [1.807, 2.05) is 6.20 Å². The third kappa shape index (κ3) is 3.76. The fourth-order valence-corrected chi connectivity index (χ4v) is 4.13. The fraction of sp³-hybridized carbons (Fsp3) is 0.364. The van der Waals surface area contributed by atoms with Gasteiger partial charge >= 0.3 is 0 Å². The zero-order chi connectivity index (χ0) is 21.5. The lowest BCUT2D eigenvalue weighted by Gasteiger charge is -2.29. The summed E-state index contributed by atoms with van der Waals surface area (Å²) < 4.78 is 17.5. The van der Waals surface area contributed by atoms with E-state index in [9.17, 15) is 4.39 Å². The second-order valence-corrected chi connectivity index (χ2v) is 8.25. The molecule has 3 aromatic heterocycles. The number of halogens is 1. The first-order valence-electron chi connectivity index (χ1n) is 10.5. The zero-order valence-electron chi connectivity index (χ0n) is 17.7. The Morgan fingerprint density at radius 2 is 2.03 bits per heavy atom. The van der Waals surface area contributed by atoms with E-state index in [1.54, 1.807) is 22.7 Å². The molecule has 0 radical (unpaired) electrons. The molecule has 0 saturated carbocycles. The molecule has 0 unspecified atom stereocenters. The maximum Gasteiger partial charge on any atom is 0.223 e. The van der Waals surface area contributed by atoms with Crippen molar-refractivity contribution in [1.29, 1.82) is 0 Å². The first-order chi connectivity index (χ1) is 15.0. The van der Waals surface area contributed by atoms with Gasteiger partial charge in [-0.3, -0.25) is 4.90 Å². The van der Waals surface area contributed by atoms with Gasteiger partial charge in [0.25, 0.3) is 0 Å². The van der Waals surface area contributed by atoms with Crippen LogP contribution in [0.25, 0.3) is 16.9 Å². The van der Waals surface area contributed by atoms with Gasteiger partial charge in [-0.2, -0.15) is 4.52 Å². The van der Waals surface area contributed by atoms with Crippen LogP contribution in [0, 0.1) is 5.82 Å². The first kappa shape index (κ1) is 19.6. The molecule has 160 valence electrons. The molecule has 0 atom stereocenters. The monoisotopic (exact) mass is 420 g/mol. The van der Waals surface area contributed by atoms with Crippen LogP contribution in [0.5, 0.6) is 0 Å². The van der Waals surface area contributed by atoms with Crippen LogP contribution in [-0.4, -0.2) is 47.1 Å². The van der Waals surface area contributed by atoms with E-state index in [2.05, 4.69) is 43.4 Å². The highest BCUT2D eigenvalue weighted by Gasteiger charge is 2.21. The SMILES string of the molecule is CC(C)c1ncc2n1CCN(CCc1nc3cc(-c4cccc(F)c4)nc(N)n3n1)C2. The number of hydrogen-bond acceptors (Lipinski definition) is 6. The van der Waals surface area contributed by atoms with Crippen LogP contribution in [0.3, 0.4) is 0 Å². The van der Waals surface area contributed by atoms with Crippen LogP contribution < -0.4 is 5.73 Å². The summed E-state index contributed by atoms with van der Waals surface area (Å²) in [6, 6.07) is 8.06. The number of nitrogens with zero attached hydrogens (tertiary/aromatic N) is 7. The van der Waals surface area contributed by atoms with Gasteiger partial charge in [-0.05, 0) is 12.1 Å². The number of imidazole rings is 1. The van der Waals surface area contributed by atoms with Crippen molar-refractivity contribution in [2.45, 2.75) is 39.3 Å². The Hall–Kier alpha value is -3.33. The molecule has 0 fully saturated rings. The summed E-state index contributed by atoms with van der Waals surface area (Å²) in [7, 11) is 0. The number of fused-ring (bicyclic) bond motifs is 2. The van der Waals surface area contributed by atoms with Crippen LogP contribution in [0.15, 0.2) is 36.5 Å². The van der Waals surface area contributed by atoms with Crippen LogP contribution in [-0.2, 0) is 19.5 Å². The van der Waals surface area contributed by atoms with Gasteiger partial charge in [0, 0.05) is 56.3 Å². The molecule has 4 aromatic rings. The molecule has 0 aliphatic carbocycles. The van der Waals surface area contributed by atoms with E-state index in [0.29, 0.717) is 35.1 Å². The molecule has 2 N–H and O–H groups in total. The van der Waals surface area contributed by atoms with Crippen molar-refractivity contribution >= 4 is 11.6 Å². The highest BCUT2D eigenvalue weighted by Crippen LogP contribution is 2.22. The molecular weight excluding hydrogens is 395 g/mol. The topological polar surface area (TPSA) is 90.2 Å². The van der Waals surface area contributed by atoms with Gasteiger partial charge in [-0.15, -0.1) is 5.10 Å². The number of benzene rings is 1. The summed E-state index contributed by atoms with van der Waals surface area (Å²) in [6.45, 7) is 8.01. The van der Waals surface area contributed by atoms with Crippen LogP contribution in [0.2, 0.25) is 0 Å². The lowest BCUT2D eigenvalue weighted by molar-refractivity contribution is 0.220. The van der Waals surface area contributed by atoms with E-state index >= 15 is 0 Å². The molecule has 4 heterocycles. The largest absolute Gasteiger partial charge is 0.368 e. The van der Waals surface area contributed by atoms with E-state index in [-0.39, 0.29) is 11.8 Å². The Labute approximate surface area is 179 Å². The average Bonchev–Trinajstić information content (AvgIpc) is 3.36. The smallest absolute Gasteiger partial charge is 0.223 e. The van der Waals surface area contributed by atoms with Gasteiger partial charge in [0.2, 0.25) is 5.95 Å². The summed E-state index contributed by atoms with van der Waals surface area (Å²) in [4.78, 5) is 16.0. The lowest BCUT2D eigenvalue weighted by atomic mass is 10.1. The van der Waals surface area contributed by atoms with Gasteiger partial charge in [-0.1, -0.05) is 26.0 Å². The van der Waals surface area contributed by atoms with Gasteiger partial charge in [0.05, 0.1) is 11.4 Å². The maximum atomic E-state index is 13.6. The molecule has 0 saturated heterocycles. The number of hydrogen-bond donors (Lipinski definition) is 1. The average molecular weight is 420 g/mol. The van der Waals surface area contributed by atoms with Gasteiger partial charge in [0.1, 0.15) is 11.6 Å². The number of nitrogen functional groups attached to an aromatic ring is 1. The summed E-state index contributed by atoms with van der Waals surface area (Å²) in [6.07, 6.45) is 2.70. The Morgan fingerprint density at radius 3 is 2.84 bits per heavy atom. The van der Waals surface area contributed by atoms with Gasteiger partial charge in [0.15, 0.2) is 11.5 Å². The Kier molecular flexibility index (Phi) is 4.90. The number of rotatable bonds is 5. The molecule has 31 heavy (non-hydrogen) atoms. The highest BCUT2D eigenvalue weighted by molar-refractivity contribution is 5.65. The minimum atomic E-state index is -0.316. The van der Waals surface area contributed by atoms with Gasteiger partial charge in [-0.25, -0.2) is 19.3 Å². The fourth-order valence-electron chi connectivity index (χ4n) is 4.13. The molecule has 0 spiro atoms. The minimum Gasteiger partial charge on any atom is -0.368 e. The standard InChI is InChI=1S/C22H25FN8/c1-14(2)21-25-12-17-13-29(8-9-30(17)21)7-6-19-27-20-11-18(26-22(24)31(20)28-19)15-4-3-5-16(23)10-15/h3-5,10-12,14H,6-9,13H2,1-2H3,(H2,24,26). The minimum absolute atomic E-state index is 0.235. The Balaban J connectivity index is 1.31. The molecule has 9 heteroatoms. The van der Waals surface area contributed by atoms with Crippen molar-refractivity contribution in [3.8, 4) is 11.3 Å². The van der Waals surface area contributed by atoms with Crippen molar-refractivity contribution in [2.75, 3.05) is 18.8 Å². The van der Waals surface area contributed by atoms with Gasteiger partial charge < -0.3 is 10.3 Å². The molecular formula is C22H25FN8. The predicted octanol–water partition coefficient (Wildman–Crippen LogP) is 2.89. The molecule has 5 rings (SSSR count). The summed E-state index contributed by atoms with van der Waals surface area (Å²) >= 11 is 0. The number of aromatic nitrogens is 6. The van der Waals surface area contributed by atoms with Crippen LogP contribution in [0.1, 0.15) is 37.1 Å². The number of anilines is 1. The molecule has 0 amide bonds. The van der Waals surface area contributed by atoms with Crippen molar-refractivity contribution in [2.24, 2.45) is 0 Å². The van der Waals surface area contributed by atoms with E-state index in [1.165, 1.54) is 17.8 Å². The first-order valence-corrected chi connectivity index (χ1v) is 10.5. The number of nitrogens with two attached hydrogens (primary N) is 1. The summed E-state index contributed by atoms with van der Waals surface area (Å²) in [5.74, 6) is 2.22. The summed E-state index contributed by atoms with van der Waals surface area (Å²) in [5, 5.41) is 4.52. The van der Waals surface area contributed by atoms with E-state index in [0.717, 1.165) is 32.0 Å². The Morgan fingerprint density at radius 1 is 1.16 bits per heavy atom. The summed E-state index contributed by atoms with van der Waals surface area (Å²) in [5.41, 5.74) is 9.20. The van der Waals surface area contributed by atoms with Crippen molar-refractivity contribution < 1.29 is 4.39 Å². The highest BCUT2D eigenvalue weighted by atomic mass is 19.1. The molecule has 1 aliphatic heterocycles. The van der Waals surface area contributed by atoms with Crippen LogP contribution >= 0.6 is 0 Å². The lowest BCUT2D eigenvalue weighted by Crippen LogP contribution is -2.35. The molecule has 1 aliphatic rings. The van der Waals surface area contributed by atoms with E-state index < -0.39 is 0 Å². The quantitative estimate of drug-likeness (QED) is 0.534. The van der Waals surface area contributed by atoms with Crippen molar-refractivity contribution in [1.82, 2.24) is 34.0 Å². The maximum absolute atomic E-state index is 13.6. The zero-order valence-corrected chi connectivity index (χ0v) is 17.7. The Bertz CT molecular complexity index is 1240. The molecule has 1 aromatic carbocycles. The second kappa shape index (κ2) is 7.73. The normalized spacial score (nSPS) is 14.5. The predicted molar refractivity (Wildman–Crippen MR) is 116 cm³/mol. The third-order valence-corrected chi connectivity index (χ3v) is 5.68. The van der Waals surface area contributed by atoms with Crippen LogP contribution in [0.4, 0.5) is 10.3 Å². The van der Waals surface area contributed by atoms with E-state index in [4.69, 9.17) is 5.73 Å². The molecule has 8 nitrogen and oxygen atoms in total. The third-order valence-electron chi connectivity index (χ3n) is 5.68. The van der Waals surface area contributed by atoms with Crippen molar-refractivity contribution in [3.63, 3.8) is 0 Å². The second-order valence-electron chi connectivity index (χ2n) is 8.25. The molecule has 0 bridgehead atoms.